The van der Waals surface area contributed by atoms with Gasteiger partial charge in [0.25, 0.3) is 5.91 Å². The van der Waals surface area contributed by atoms with Crippen molar-refractivity contribution in [1.29, 1.82) is 0 Å². The van der Waals surface area contributed by atoms with Gasteiger partial charge in [0, 0.05) is 12.1 Å². The summed E-state index contributed by atoms with van der Waals surface area (Å²) in [4.78, 5) is 19.7. The molecule has 1 aromatic heterocycles. The van der Waals surface area contributed by atoms with Gasteiger partial charge >= 0.3 is 6.01 Å². The number of methoxy groups -OCH3 is 1. The first kappa shape index (κ1) is 18.9. The summed E-state index contributed by atoms with van der Waals surface area (Å²) in [5, 5.41) is 2.98. The van der Waals surface area contributed by atoms with Gasteiger partial charge in [-0.3, -0.25) is 4.79 Å². The summed E-state index contributed by atoms with van der Waals surface area (Å²) in [6.45, 7) is -0.0486. The molecular weight excluding hydrogens is 353 g/mol. The Morgan fingerprint density at radius 3 is 2.59 bits per heavy atom. The summed E-state index contributed by atoms with van der Waals surface area (Å²) < 4.78 is 29.1. The third-order valence-electron chi connectivity index (χ3n) is 4.32. The van der Waals surface area contributed by atoms with E-state index >= 15 is 0 Å². The highest BCUT2D eigenvalue weighted by atomic mass is 19.1. The van der Waals surface area contributed by atoms with E-state index in [1.807, 2.05) is 6.07 Å². The predicted molar refractivity (Wildman–Crippen MR) is 95.3 cm³/mol. The van der Waals surface area contributed by atoms with Crippen LogP contribution >= 0.6 is 0 Å². The summed E-state index contributed by atoms with van der Waals surface area (Å²) in [5.41, 5.74) is 0. The summed E-state index contributed by atoms with van der Waals surface area (Å²) in [5.74, 6) is 0.603. The van der Waals surface area contributed by atoms with E-state index in [4.69, 9.17) is 14.2 Å². The Bertz CT molecular complexity index is 749. The number of amides is 1. The summed E-state index contributed by atoms with van der Waals surface area (Å²) in [6, 6.07) is 7.38. The molecule has 27 heavy (non-hydrogen) atoms. The number of halogens is 1. The molecular formula is C19H22FN3O4. The molecule has 1 aliphatic carbocycles. The van der Waals surface area contributed by atoms with Gasteiger partial charge in [0.2, 0.25) is 0 Å². The molecule has 1 heterocycles. The first-order valence-corrected chi connectivity index (χ1v) is 8.83. The molecule has 0 bridgehead atoms. The van der Waals surface area contributed by atoms with Crippen LogP contribution in [0.25, 0.3) is 0 Å². The van der Waals surface area contributed by atoms with Gasteiger partial charge in [0.05, 0.1) is 19.5 Å². The normalized spacial score (nSPS) is 19.2. The van der Waals surface area contributed by atoms with Crippen LogP contribution in [0, 0.1) is 5.82 Å². The van der Waals surface area contributed by atoms with Crippen LogP contribution < -0.4 is 19.5 Å². The maximum Gasteiger partial charge on any atom is 0.316 e. The average molecular weight is 375 g/mol. The van der Waals surface area contributed by atoms with Gasteiger partial charge in [0.15, 0.2) is 12.4 Å². The summed E-state index contributed by atoms with van der Waals surface area (Å²) in [7, 11) is 1.58. The van der Waals surface area contributed by atoms with Crippen LogP contribution in [0.5, 0.6) is 17.5 Å². The van der Waals surface area contributed by atoms with Gasteiger partial charge < -0.3 is 19.5 Å². The fraction of sp³-hybridized carbons (Fsp3) is 0.421. The number of nitrogens with one attached hydrogen (secondary N) is 1. The zero-order valence-electron chi connectivity index (χ0n) is 15.1. The molecule has 0 radical (unpaired) electrons. The van der Waals surface area contributed by atoms with Crippen molar-refractivity contribution >= 4 is 5.91 Å². The molecule has 0 saturated heterocycles. The molecule has 0 atom stereocenters. The van der Waals surface area contributed by atoms with Gasteiger partial charge in [0.1, 0.15) is 17.6 Å². The fourth-order valence-electron chi connectivity index (χ4n) is 2.94. The number of ether oxygens (including phenoxy) is 3. The van der Waals surface area contributed by atoms with E-state index in [-0.39, 0.29) is 30.7 Å². The Morgan fingerprint density at radius 2 is 1.89 bits per heavy atom. The number of hydrogen-bond acceptors (Lipinski definition) is 6. The maximum atomic E-state index is 12.8. The Morgan fingerprint density at radius 1 is 1.19 bits per heavy atom. The van der Waals surface area contributed by atoms with Crippen LogP contribution in [0.4, 0.5) is 4.39 Å². The second-order valence-electron chi connectivity index (χ2n) is 6.31. The van der Waals surface area contributed by atoms with E-state index in [2.05, 4.69) is 15.3 Å². The van der Waals surface area contributed by atoms with E-state index in [9.17, 15) is 9.18 Å². The molecule has 2 aromatic rings. The molecule has 3 rings (SSSR count). The number of benzene rings is 1. The van der Waals surface area contributed by atoms with Crippen LogP contribution in [0.15, 0.2) is 36.7 Å². The van der Waals surface area contributed by atoms with Crippen LogP contribution in [-0.4, -0.2) is 41.7 Å². The molecule has 8 heteroatoms. The number of carbonyl (C=O) groups is 1. The first-order valence-electron chi connectivity index (χ1n) is 8.83. The quantitative estimate of drug-likeness (QED) is 0.801. The molecule has 1 N–H and O–H groups in total. The highest BCUT2D eigenvalue weighted by molar-refractivity contribution is 5.77. The Hall–Kier alpha value is -2.90. The van der Waals surface area contributed by atoms with E-state index in [0.717, 1.165) is 38.1 Å². The maximum absolute atomic E-state index is 12.8. The Balaban J connectivity index is 1.38. The number of rotatable bonds is 7. The lowest BCUT2D eigenvalue weighted by Gasteiger charge is -2.28. The molecule has 1 aliphatic rings. The largest absolute Gasteiger partial charge is 0.497 e. The molecule has 0 unspecified atom stereocenters. The zero-order chi connectivity index (χ0) is 19.1. The Kier molecular flexibility index (Phi) is 6.40. The van der Waals surface area contributed by atoms with Crippen molar-refractivity contribution in [2.24, 2.45) is 0 Å². The molecule has 0 spiro atoms. The lowest BCUT2D eigenvalue weighted by Crippen LogP contribution is -2.41. The lowest BCUT2D eigenvalue weighted by atomic mass is 9.93. The van der Waals surface area contributed by atoms with Gasteiger partial charge in [-0.2, -0.15) is 0 Å². The predicted octanol–water partition coefficient (Wildman–Crippen LogP) is 2.51. The number of hydrogen-bond donors (Lipinski definition) is 1. The second-order valence-corrected chi connectivity index (χ2v) is 6.31. The second kappa shape index (κ2) is 9.16. The molecule has 1 amide bonds. The average Bonchev–Trinajstić information content (AvgIpc) is 2.70. The van der Waals surface area contributed by atoms with Crippen molar-refractivity contribution in [3.05, 3.63) is 42.5 Å². The van der Waals surface area contributed by atoms with Gasteiger partial charge in [-0.15, -0.1) is 0 Å². The van der Waals surface area contributed by atoms with Crippen molar-refractivity contribution in [2.45, 2.75) is 37.8 Å². The molecule has 1 aromatic carbocycles. The number of nitrogens with zero attached hydrogens (tertiary/aromatic N) is 2. The van der Waals surface area contributed by atoms with Gasteiger partial charge in [-0.05, 0) is 37.8 Å². The summed E-state index contributed by atoms with van der Waals surface area (Å²) >= 11 is 0. The molecule has 1 saturated carbocycles. The molecule has 7 nitrogen and oxygen atoms in total. The number of aromatic nitrogens is 2. The lowest BCUT2D eigenvalue weighted by molar-refractivity contribution is -0.124. The van der Waals surface area contributed by atoms with Crippen molar-refractivity contribution in [3.8, 4) is 17.5 Å². The topological polar surface area (TPSA) is 82.6 Å². The molecule has 1 fully saturated rings. The third kappa shape index (κ3) is 5.80. The highest BCUT2D eigenvalue weighted by Gasteiger charge is 2.24. The van der Waals surface area contributed by atoms with E-state index in [1.54, 1.807) is 25.3 Å². The van der Waals surface area contributed by atoms with Crippen LogP contribution in [0.2, 0.25) is 0 Å². The highest BCUT2D eigenvalue weighted by Crippen LogP contribution is 2.22. The van der Waals surface area contributed by atoms with E-state index in [0.29, 0.717) is 11.5 Å². The minimum atomic E-state index is -0.495. The van der Waals surface area contributed by atoms with Gasteiger partial charge in [-0.1, -0.05) is 6.07 Å². The monoisotopic (exact) mass is 375 g/mol. The van der Waals surface area contributed by atoms with Crippen molar-refractivity contribution in [2.75, 3.05) is 13.7 Å². The Labute approximate surface area is 156 Å². The zero-order valence-corrected chi connectivity index (χ0v) is 15.1. The standard InChI is InChI=1S/C19H22FN3O4/c1-25-16-3-2-4-17(9-16)26-12-18(24)23-14-5-7-15(8-6-14)27-19-21-10-13(20)11-22-19/h2-4,9-11,14-15H,5-8,12H2,1H3,(H,23,24). The van der Waals surface area contributed by atoms with Crippen LogP contribution in [0.3, 0.4) is 0 Å². The molecule has 144 valence electrons. The van der Waals surface area contributed by atoms with Gasteiger partial charge in [-0.25, -0.2) is 14.4 Å². The van der Waals surface area contributed by atoms with Crippen molar-refractivity contribution in [3.63, 3.8) is 0 Å². The van der Waals surface area contributed by atoms with Crippen molar-refractivity contribution in [1.82, 2.24) is 15.3 Å². The minimum absolute atomic E-state index is 0.0309. The third-order valence-corrected chi connectivity index (χ3v) is 4.32. The minimum Gasteiger partial charge on any atom is -0.497 e. The fourth-order valence-corrected chi connectivity index (χ4v) is 2.94. The first-order chi connectivity index (χ1) is 13.1. The SMILES string of the molecule is COc1cccc(OCC(=O)NC2CCC(Oc3ncc(F)cn3)CC2)c1. The van der Waals surface area contributed by atoms with E-state index < -0.39 is 5.82 Å². The number of carbonyl (C=O) groups excluding carboxylic acids is 1. The van der Waals surface area contributed by atoms with Crippen LogP contribution in [0.1, 0.15) is 25.7 Å². The van der Waals surface area contributed by atoms with Crippen molar-refractivity contribution < 1.29 is 23.4 Å². The van der Waals surface area contributed by atoms with E-state index in [1.165, 1.54) is 0 Å². The summed E-state index contributed by atoms with van der Waals surface area (Å²) in [6.07, 6.45) is 5.24. The smallest absolute Gasteiger partial charge is 0.316 e. The van der Waals surface area contributed by atoms with Crippen LogP contribution in [-0.2, 0) is 4.79 Å². The molecule has 0 aliphatic heterocycles.